The Bertz CT molecular complexity index is 231. The Morgan fingerprint density at radius 1 is 1.67 bits per heavy atom. The van der Waals surface area contributed by atoms with E-state index in [4.69, 9.17) is 9.84 Å². The normalized spacial score (nSPS) is 26.7. The van der Waals surface area contributed by atoms with Gasteiger partial charge >= 0.3 is 0 Å². The van der Waals surface area contributed by atoms with Gasteiger partial charge in [-0.1, -0.05) is 0 Å². The highest BCUT2D eigenvalue weighted by molar-refractivity contribution is 5.82. The Balaban J connectivity index is 2.42. The van der Waals surface area contributed by atoms with Crippen LogP contribution in [0.3, 0.4) is 0 Å². The second-order valence-electron chi connectivity index (χ2n) is 4.59. The Labute approximate surface area is 90.2 Å². The summed E-state index contributed by atoms with van der Waals surface area (Å²) in [4.78, 5) is 11.7. The van der Waals surface area contributed by atoms with E-state index in [0.29, 0.717) is 13.0 Å². The standard InChI is InChI=1S/C10H20N2O3/c1-10(2,6-13)12-9(14)8-4-7(15-3)5-11-8/h7-8,11,13H,4-6H2,1-3H3,(H,12,14). The smallest absolute Gasteiger partial charge is 0.237 e. The van der Waals surface area contributed by atoms with E-state index < -0.39 is 5.54 Å². The van der Waals surface area contributed by atoms with Gasteiger partial charge in [-0.2, -0.15) is 0 Å². The van der Waals surface area contributed by atoms with Crippen LogP contribution in [0.25, 0.3) is 0 Å². The third-order valence-electron chi connectivity index (χ3n) is 2.60. The van der Waals surface area contributed by atoms with Gasteiger partial charge < -0.3 is 20.5 Å². The van der Waals surface area contributed by atoms with Gasteiger partial charge in [0.2, 0.25) is 5.91 Å². The summed E-state index contributed by atoms with van der Waals surface area (Å²) >= 11 is 0. The van der Waals surface area contributed by atoms with Crippen LogP contribution in [0.2, 0.25) is 0 Å². The van der Waals surface area contributed by atoms with Gasteiger partial charge in [-0.25, -0.2) is 0 Å². The van der Waals surface area contributed by atoms with Crippen molar-refractivity contribution in [3.05, 3.63) is 0 Å². The minimum Gasteiger partial charge on any atom is -0.394 e. The van der Waals surface area contributed by atoms with Crippen molar-refractivity contribution in [3.8, 4) is 0 Å². The summed E-state index contributed by atoms with van der Waals surface area (Å²) in [6.07, 6.45) is 0.794. The first-order chi connectivity index (χ1) is 6.98. The largest absolute Gasteiger partial charge is 0.394 e. The molecule has 3 N–H and O–H groups in total. The molecule has 0 radical (unpaired) electrons. The van der Waals surface area contributed by atoms with Crippen LogP contribution in [0, 0.1) is 0 Å². The predicted octanol–water partition coefficient (Wildman–Crippen LogP) is -0.750. The highest BCUT2D eigenvalue weighted by atomic mass is 16.5. The number of methoxy groups -OCH3 is 1. The fraction of sp³-hybridized carbons (Fsp3) is 0.900. The van der Waals surface area contributed by atoms with Crippen LogP contribution in [0.4, 0.5) is 0 Å². The van der Waals surface area contributed by atoms with Gasteiger partial charge in [0.15, 0.2) is 0 Å². The maximum absolute atomic E-state index is 11.7. The van der Waals surface area contributed by atoms with Crippen LogP contribution in [0.5, 0.6) is 0 Å². The van der Waals surface area contributed by atoms with Crippen molar-refractivity contribution >= 4 is 5.91 Å². The molecule has 5 heteroatoms. The number of carbonyl (C=O) groups excluding carboxylic acids is 1. The second kappa shape index (κ2) is 4.92. The Morgan fingerprint density at radius 3 is 2.80 bits per heavy atom. The minimum absolute atomic E-state index is 0.0703. The molecule has 0 aromatic rings. The van der Waals surface area contributed by atoms with Crippen molar-refractivity contribution < 1.29 is 14.6 Å². The van der Waals surface area contributed by atoms with Gasteiger partial charge in [-0.15, -0.1) is 0 Å². The van der Waals surface area contributed by atoms with E-state index >= 15 is 0 Å². The van der Waals surface area contributed by atoms with Crippen LogP contribution in [-0.4, -0.2) is 49.0 Å². The van der Waals surface area contributed by atoms with E-state index in [0.717, 1.165) is 0 Å². The summed E-state index contributed by atoms with van der Waals surface area (Å²) < 4.78 is 5.16. The molecule has 0 spiro atoms. The van der Waals surface area contributed by atoms with Crippen LogP contribution >= 0.6 is 0 Å². The second-order valence-corrected chi connectivity index (χ2v) is 4.59. The SMILES string of the molecule is COC1CNC(C(=O)NC(C)(C)CO)C1. The van der Waals surface area contributed by atoms with Crippen LogP contribution < -0.4 is 10.6 Å². The van der Waals surface area contributed by atoms with E-state index in [1.54, 1.807) is 21.0 Å². The number of ether oxygens (including phenoxy) is 1. The molecule has 2 atom stereocenters. The van der Waals surface area contributed by atoms with Gasteiger partial charge in [-0.05, 0) is 20.3 Å². The summed E-state index contributed by atoms with van der Waals surface area (Å²) in [7, 11) is 1.64. The predicted molar refractivity (Wildman–Crippen MR) is 56.5 cm³/mol. The lowest BCUT2D eigenvalue weighted by Gasteiger charge is -2.25. The Kier molecular flexibility index (Phi) is 4.07. The van der Waals surface area contributed by atoms with E-state index in [9.17, 15) is 4.79 Å². The number of carbonyl (C=O) groups is 1. The zero-order valence-corrected chi connectivity index (χ0v) is 9.54. The van der Waals surface area contributed by atoms with Crippen LogP contribution in [0.15, 0.2) is 0 Å². The number of aliphatic hydroxyl groups excluding tert-OH is 1. The molecule has 0 aliphatic carbocycles. The van der Waals surface area contributed by atoms with Gasteiger partial charge in [0.05, 0.1) is 24.3 Å². The van der Waals surface area contributed by atoms with E-state index in [2.05, 4.69) is 10.6 Å². The van der Waals surface area contributed by atoms with Crippen molar-refractivity contribution in [3.63, 3.8) is 0 Å². The highest BCUT2D eigenvalue weighted by Crippen LogP contribution is 2.11. The molecule has 15 heavy (non-hydrogen) atoms. The van der Waals surface area contributed by atoms with Crippen molar-refractivity contribution in [2.75, 3.05) is 20.3 Å². The Morgan fingerprint density at radius 2 is 2.33 bits per heavy atom. The lowest BCUT2D eigenvalue weighted by molar-refractivity contribution is -0.125. The maximum Gasteiger partial charge on any atom is 0.237 e. The van der Waals surface area contributed by atoms with E-state index in [-0.39, 0.29) is 24.7 Å². The molecule has 1 aliphatic rings. The topological polar surface area (TPSA) is 70.6 Å². The zero-order chi connectivity index (χ0) is 11.5. The summed E-state index contributed by atoms with van der Waals surface area (Å²) in [6.45, 7) is 4.20. The molecular formula is C10H20N2O3. The van der Waals surface area contributed by atoms with E-state index in [1.807, 2.05) is 0 Å². The fourth-order valence-electron chi connectivity index (χ4n) is 1.54. The quantitative estimate of drug-likeness (QED) is 0.578. The van der Waals surface area contributed by atoms with Crippen molar-refractivity contribution in [1.82, 2.24) is 10.6 Å². The molecule has 2 unspecified atom stereocenters. The van der Waals surface area contributed by atoms with Gasteiger partial charge in [0.1, 0.15) is 0 Å². The number of nitrogens with one attached hydrogen (secondary N) is 2. The Hall–Kier alpha value is -0.650. The molecule has 1 heterocycles. The van der Waals surface area contributed by atoms with E-state index in [1.165, 1.54) is 0 Å². The molecule has 0 aromatic carbocycles. The summed E-state index contributed by atoms with van der Waals surface area (Å²) in [6, 6.07) is -0.208. The van der Waals surface area contributed by atoms with Gasteiger partial charge in [-0.3, -0.25) is 4.79 Å². The number of amides is 1. The molecule has 1 saturated heterocycles. The molecule has 1 aliphatic heterocycles. The lowest BCUT2D eigenvalue weighted by atomic mass is 10.1. The molecule has 1 fully saturated rings. The van der Waals surface area contributed by atoms with Crippen molar-refractivity contribution in [1.29, 1.82) is 0 Å². The average Bonchev–Trinajstić information content (AvgIpc) is 2.65. The van der Waals surface area contributed by atoms with Gasteiger partial charge in [0, 0.05) is 13.7 Å². The fourth-order valence-corrected chi connectivity index (χ4v) is 1.54. The van der Waals surface area contributed by atoms with Gasteiger partial charge in [0.25, 0.3) is 0 Å². The lowest BCUT2D eigenvalue weighted by Crippen LogP contribution is -2.52. The first-order valence-corrected chi connectivity index (χ1v) is 5.17. The molecule has 0 aromatic heterocycles. The van der Waals surface area contributed by atoms with Crippen molar-refractivity contribution in [2.24, 2.45) is 0 Å². The molecule has 1 rings (SSSR count). The summed E-state index contributed by atoms with van der Waals surface area (Å²) in [5, 5.41) is 14.9. The monoisotopic (exact) mass is 216 g/mol. The molecule has 0 bridgehead atoms. The van der Waals surface area contributed by atoms with Crippen LogP contribution in [-0.2, 0) is 9.53 Å². The summed E-state index contributed by atoms with van der Waals surface area (Å²) in [5.74, 6) is -0.0754. The highest BCUT2D eigenvalue weighted by Gasteiger charge is 2.31. The third kappa shape index (κ3) is 3.44. The molecule has 0 saturated carbocycles. The maximum atomic E-state index is 11.7. The van der Waals surface area contributed by atoms with Crippen LogP contribution in [0.1, 0.15) is 20.3 Å². The minimum atomic E-state index is -0.566. The summed E-state index contributed by atoms with van der Waals surface area (Å²) in [5.41, 5.74) is -0.566. The first kappa shape index (κ1) is 12.4. The van der Waals surface area contributed by atoms with Crippen molar-refractivity contribution in [2.45, 2.75) is 38.0 Å². The molecule has 1 amide bonds. The molecular weight excluding hydrogens is 196 g/mol. The molecule has 88 valence electrons. The first-order valence-electron chi connectivity index (χ1n) is 5.17. The number of hydrogen-bond acceptors (Lipinski definition) is 4. The number of hydrogen-bond donors (Lipinski definition) is 3. The number of aliphatic hydroxyl groups is 1. The zero-order valence-electron chi connectivity index (χ0n) is 9.54. The average molecular weight is 216 g/mol. The molecule has 5 nitrogen and oxygen atoms in total. The third-order valence-corrected chi connectivity index (χ3v) is 2.60. The number of rotatable bonds is 4.